The Morgan fingerprint density at radius 1 is 1.37 bits per heavy atom. The summed E-state index contributed by atoms with van der Waals surface area (Å²) in [6, 6.07) is 8.38. The zero-order valence-electron chi connectivity index (χ0n) is 15.4. The normalized spacial score (nSPS) is 23.2. The zero-order chi connectivity index (χ0) is 21.3. The van der Waals surface area contributed by atoms with Gasteiger partial charge >= 0.3 is 176 Å². The van der Waals surface area contributed by atoms with Gasteiger partial charge in [0.2, 0.25) is 0 Å². The third-order valence-electron chi connectivity index (χ3n) is 4.59. The van der Waals surface area contributed by atoms with Crippen molar-refractivity contribution in [2.24, 2.45) is 0 Å². The zero-order valence-corrected chi connectivity index (χ0v) is 16.1. The molecule has 2 N–H and O–H groups in total. The van der Waals surface area contributed by atoms with Crippen molar-refractivity contribution >= 4 is 48.9 Å². The number of benzene rings is 1. The first-order valence-corrected chi connectivity index (χ1v) is 9.23. The van der Waals surface area contributed by atoms with Crippen LogP contribution in [0.15, 0.2) is 36.7 Å². The molecule has 0 bridgehead atoms. The first-order valence-electron chi connectivity index (χ1n) is 8.85. The summed E-state index contributed by atoms with van der Waals surface area (Å²) in [7, 11) is 6.18. The van der Waals surface area contributed by atoms with Crippen molar-refractivity contribution in [1.29, 1.82) is 0 Å². The van der Waals surface area contributed by atoms with Crippen LogP contribution in [0.5, 0.6) is 0 Å². The van der Waals surface area contributed by atoms with Crippen LogP contribution in [-0.2, 0) is 14.1 Å². The van der Waals surface area contributed by atoms with E-state index in [1.807, 2.05) is 0 Å². The van der Waals surface area contributed by atoms with Crippen molar-refractivity contribution in [3.63, 3.8) is 0 Å². The monoisotopic (exact) mass is 428 g/mol. The van der Waals surface area contributed by atoms with Crippen molar-refractivity contribution in [1.82, 2.24) is 19.5 Å². The number of nitrogen functional groups attached to an aromatic ring is 1. The molecule has 3 aromatic rings. The second kappa shape index (κ2) is 8.49. The summed E-state index contributed by atoms with van der Waals surface area (Å²) < 4.78 is 32.8. The number of fused-ring (bicyclic) bond motifs is 1. The fourth-order valence-corrected chi connectivity index (χ4v) is 3.39. The fraction of sp³-hybridized carbons (Fsp3) is 0.294. The second-order valence-electron chi connectivity index (χ2n) is 6.41. The number of alkyl halides is 1. The quantitative estimate of drug-likeness (QED) is 0.354. The Labute approximate surface area is 176 Å². The first kappa shape index (κ1) is 20.4. The molecule has 0 amide bonds. The number of halogens is 2. The molecule has 13 heteroatoms. The van der Waals surface area contributed by atoms with Gasteiger partial charge in [-0.2, -0.15) is 0 Å². The Morgan fingerprint density at radius 2 is 2.13 bits per heavy atom. The molecule has 2 aromatic heterocycles. The molecule has 30 heavy (non-hydrogen) atoms. The van der Waals surface area contributed by atoms with Crippen molar-refractivity contribution < 1.29 is 23.3 Å². The molecule has 1 saturated heterocycles. The number of nitrogens with zero attached hydrogens (tertiary/aromatic N) is 4. The van der Waals surface area contributed by atoms with Gasteiger partial charge in [-0.25, -0.2) is 0 Å². The van der Waals surface area contributed by atoms with Crippen molar-refractivity contribution in [3.05, 3.63) is 47.5 Å². The van der Waals surface area contributed by atoms with E-state index in [-0.39, 0.29) is 28.9 Å². The number of rotatable bonds is 6. The molecule has 1 unspecified atom stereocenters. The number of esters is 1. The number of imidazole rings is 1. The van der Waals surface area contributed by atoms with Gasteiger partial charge < -0.3 is 0 Å². The molecule has 1 fully saturated rings. The van der Waals surface area contributed by atoms with Crippen molar-refractivity contribution in [3.8, 4) is 0 Å². The summed E-state index contributed by atoms with van der Waals surface area (Å²) in [5, 5.41) is -0.119. The van der Waals surface area contributed by atoms with E-state index in [1.165, 1.54) is 10.9 Å². The van der Waals surface area contributed by atoms with Gasteiger partial charge in [0.05, 0.1) is 0 Å². The molecule has 4 atom stereocenters. The van der Waals surface area contributed by atoms with Gasteiger partial charge in [-0.05, 0) is 0 Å². The van der Waals surface area contributed by atoms with E-state index in [0.29, 0.717) is 5.56 Å². The van der Waals surface area contributed by atoms with Gasteiger partial charge in [0.15, 0.2) is 0 Å². The summed E-state index contributed by atoms with van der Waals surface area (Å²) in [5.41, 5.74) is 6.59. The molecular formula is C17H14B2ClFN5O4. The maximum atomic E-state index is 15.2. The van der Waals surface area contributed by atoms with E-state index in [0.717, 1.165) is 7.00 Å². The predicted molar refractivity (Wildman–Crippen MR) is 107 cm³/mol. The van der Waals surface area contributed by atoms with Crippen LogP contribution in [0, 0.1) is 0 Å². The summed E-state index contributed by atoms with van der Waals surface area (Å²) in [5.74, 6) is -0.525. The predicted octanol–water partition coefficient (Wildman–Crippen LogP) is 1.24. The molecular weight excluding hydrogens is 414 g/mol. The van der Waals surface area contributed by atoms with Gasteiger partial charge in [-0.15, -0.1) is 0 Å². The van der Waals surface area contributed by atoms with Gasteiger partial charge in [0, 0.05) is 0 Å². The first-order chi connectivity index (χ1) is 14.5. The standard InChI is InChI=1S/C17H14B2ClFN5O4/c18-19-30-12-9(6-28-16(27)8-4-2-1-3-5-8)29-15(10(12)21)26-7-23-11-13(22)24-17(20)25-14(11)26/h1-5,7,9-10,12,15H,6H2,(H2,22,24,25)/t9-,10+,12?,15-/m1/s1. The summed E-state index contributed by atoms with van der Waals surface area (Å²) in [4.78, 5) is 24.2. The average Bonchev–Trinajstić information content (AvgIpc) is 3.29. The number of hydrogen-bond acceptors (Lipinski definition) is 8. The Balaban J connectivity index is 1.56. The number of hydrogen-bond donors (Lipinski definition) is 1. The number of nitrogens with two attached hydrogens (primary N) is 1. The van der Waals surface area contributed by atoms with Gasteiger partial charge in [-0.3, -0.25) is 0 Å². The molecule has 0 spiro atoms. The summed E-state index contributed by atoms with van der Waals surface area (Å²) >= 11 is 5.86. The minimum absolute atomic E-state index is 0.0496. The molecule has 1 aliphatic rings. The van der Waals surface area contributed by atoms with Crippen molar-refractivity contribution in [2.75, 3.05) is 12.3 Å². The molecule has 1 radical (unpaired) electrons. The Morgan fingerprint density at radius 3 is 2.87 bits per heavy atom. The molecule has 0 aliphatic carbocycles. The molecule has 9 nitrogen and oxygen atoms in total. The number of carbonyl (C=O) groups excluding carboxylic acids is 1. The van der Waals surface area contributed by atoms with E-state index in [4.69, 9.17) is 38.8 Å². The SMILES string of the molecule is [B]=BOC1[C@@H](COC(=O)c2ccccc2)O[C@@H](n2cnc3c(N)nc(Cl)nc32)[C@H]1F. The average molecular weight is 428 g/mol. The summed E-state index contributed by atoms with van der Waals surface area (Å²) in [6.45, 7) is -0.256. The maximum absolute atomic E-state index is 15.2. The van der Waals surface area contributed by atoms with E-state index < -0.39 is 30.6 Å². The van der Waals surface area contributed by atoms with Crippen LogP contribution in [0.3, 0.4) is 0 Å². The van der Waals surface area contributed by atoms with E-state index >= 15 is 4.39 Å². The van der Waals surface area contributed by atoms with Crippen LogP contribution < -0.4 is 5.73 Å². The molecule has 151 valence electrons. The third-order valence-corrected chi connectivity index (χ3v) is 4.76. The number of carbonyl (C=O) groups is 1. The molecule has 3 heterocycles. The topological polar surface area (TPSA) is 114 Å². The van der Waals surface area contributed by atoms with E-state index in [1.54, 1.807) is 30.3 Å². The van der Waals surface area contributed by atoms with Crippen LogP contribution in [0.4, 0.5) is 10.2 Å². The molecule has 4 rings (SSSR count). The Kier molecular flexibility index (Phi) is 5.78. The van der Waals surface area contributed by atoms with E-state index in [2.05, 4.69) is 15.0 Å². The Bertz CT molecular complexity index is 1090. The second-order valence-corrected chi connectivity index (χ2v) is 6.75. The molecule has 0 saturated carbocycles. The van der Waals surface area contributed by atoms with Crippen LogP contribution in [0.1, 0.15) is 16.6 Å². The fourth-order valence-electron chi connectivity index (χ4n) is 3.22. The van der Waals surface area contributed by atoms with Crippen molar-refractivity contribution in [2.45, 2.75) is 24.6 Å². The molecule has 1 aromatic carbocycles. The minimum atomic E-state index is -1.68. The number of anilines is 1. The van der Waals surface area contributed by atoms with Crippen LogP contribution in [-0.4, -0.2) is 64.8 Å². The third kappa shape index (κ3) is 3.80. The van der Waals surface area contributed by atoms with Gasteiger partial charge in [0.1, 0.15) is 0 Å². The molecule has 1 aliphatic heterocycles. The number of ether oxygens (including phenoxy) is 2. The summed E-state index contributed by atoms with van der Waals surface area (Å²) in [6.07, 6.45) is -3.63. The van der Waals surface area contributed by atoms with Gasteiger partial charge in [-0.1, -0.05) is 0 Å². The Hall–Kier alpha value is -2.85. The number of aromatic nitrogens is 4. The van der Waals surface area contributed by atoms with Crippen LogP contribution in [0.25, 0.3) is 11.2 Å². The van der Waals surface area contributed by atoms with Gasteiger partial charge in [0.25, 0.3) is 0 Å². The van der Waals surface area contributed by atoms with Crippen LogP contribution >= 0.6 is 11.6 Å². The van der Waals surface area contributed by atoms with E-state index in [9.17, 15) is 4.79 Å². The van der Waals surface area contributed by atoms with Crippen LogP contribution in [0.2, 0.25) is 5.28 Å².